The van der Waals surface area contributed by atoms with E-state index in [0.717, 1.165) is 48.0 Å². The molecule has 0 aliphatic carbocycles. The minimum absolute atomic E-state index is 0. The molecule has 7 heteroatoms. The molecule has 1 aliphatic heterocycles. The quantitative estimate of drug-likeness (QED) is 0.459. The van der Waals surface area contributed by atoms with Crippen LogP contribution in [0.25, 0.3) is 0 Å². The minimum Gasteiger partial charge on any atom is -1.00 e. The lowest BCUT2D eigenvalue weighted by molar-refractivity contribution is -0.718. The summed E-state index contributed by atoms with van der Waals surface area (Å²) in [6.45, 7) is 2.69. The van der Waals surface area contributed by atoms with Crippen molar-refractivity contribution >= 4 is 17.9 Å². The van der Waals surface area contributed by atoms with Gasteiger partial charge in [-0.05, 0) is 36.4 Å². The highest BCUT2D eigenvalue weighted by molar-refractivity contribution is 5.98. The highest BCUT2D eigenvalue weighted by Gasteiger charge is 2.26. The van der Waals surface area contributed by atoms with Gasteiger partial charge in [-0.1, -0.05) is 12.1 Å². The standard InChI is InChI=1S/C19H21N3O2.2ClH/c1-24-16-9-7-15(8-10-16)13-20-11-4-12-22-14-21-18-6-3-2-5-17(18)19(22)23;;/h2-3,5-10,14,20H,4,11-13H2,1H3;2*1H. The third kappa shape index (κ3) is 5.54. The summed E-state index contributed by atoms with van der Waals surface area (Å²) in [5.74, 6) is 1.00. The number of methoxy groups -OCH3 is 1. The number of nitrogens with zero attached hydrogens (tertiary/aromatic N) is 1. The van der Waals surface area contributed by atoms with Gasteiger partial charge in [-0.2, -0.15) is 0 Å². The molecule has 1 atom stereocenters. The molecule has 2 aromatic rings. The van der Waals surface area contributed by atoms with Gasteiger partial charge in [-0.15, -0.1) is 0 Å². The van der Waals surface area contributed by atoms with Gasteiger partial charge in [0.1, 0.15) is 17.9 Å². The molecular formula is C19H23Cl2N3O2. The molecule has 0 saturated carbocycles. The lowest BCUT2D eigenvalue weighted by Crippen LogP contribution is -3.14. The van der Waals surface area contributed by atoms with E-state index in [-0.39, 0.29) is 30.7 Å². The third-order valence-corrected chi connectivity index (χ3v) is 4.19. The largest absolute Gasteiger partial charge is 1.00 e. The molecule has 3 N–H and O–H groups in total. The average molecular weight is 396 g/mol. The van der Waals surface area contributed by atoms with Gasteiger partial charge in [0.25, 0.3) is 0 Å². The van der Waals surface area contributed by atoms with Crippen LogP contribution in [-0.2, 0) is 6.54 Å². The first-order valence-corrected chi connectivity index (χ1v) is 8.26. The zero-order chi connectivity index (χ0) is 16.8. The Morgan fingerprint density at radius 1 is 1.08 bits per heavy atom. The predicted octanol–water partition coefficient (Wildman–Crippen LogP) is -5.44. The zero-order valence-corrected chi connectivity index (χ0v) is 16.1. The fourth-order valence-corrected chi connectivity index (χ4v) is 2.80. The Morgan fingerprint density at radius 2 is 1.81 bits per heavy atom. The average Bonchev–Trinajstić information content (AvgIpc) is 2.64. The Hall–Kier alpha value is -1.92. The van der Waals surface area contributed by atoms with E-state index in [0.29, 0.717) is 0 Å². The SMILES string of the molecule is COc1ccc(C[NH2+]CCC[NH+]2C=Nc3ccccc3C2=O)cc1.[Cl-].[Cl-]. The van der Waals surface area contributed by atoms with E-state index >= 15 is 0 Å². The van der Waals surface area contributed by atoms with Crippen molar-refractivity contribution in [2.45, 2.75) is 13.0 Å². The number of halogens is 2. The fourth-order valence-electron chi connectivity index (χ4n) is 2.80. The van der Waals surface area contributed by atoms with Crippen LogP contribution < -0.4 is 39.8 Å². The summed E-state index contributed by atoms with van der Waals surface area (Å²) in [6, 6.07) is 15.6. The monoisotopic (exact) mass is 395 g/mol. The van der Waals surface area contributed by atoms with Gasteiger partial charge < -0.3 is 34.9 Å². The number of ether oxygens (including phenoxy) is 1. The zero-order valence-electron chi connectivity index (χ0n) is 14.6. The molecule has 2 aromatic carbocycles. The van der Waals surface area contributed by atoms with Crippen LogP contribution in [0.4, 0.5) is 5.69 Å². The van der Waals surface area contributed by atoms with Crippen LogP contribution in [0.15, 0.2) is 53.5 Å². The number of carbonyl (C=O) groups excluding carboxylic acids is 1. The van der Waals surface area contributed by atoms with E-state index in [2.05, 4.69) is 22.4 Å². The van der Waals surface area contributed by atoms with Gasteiger partial charge in [-0.25, -0.2) is 14.7 Å². The first-order valence-electron chi connectivity index (χ1n) is 8.26. The van der Waals surface area contributed by atoms with Crippen molar-refractivity contribution in [3.63, 3.8) is 0 Å². The fraction of sp³-hybridized carbons (Fsp3) is 0.263. The molecule has 5 nitrogen and oxygen atoms in total. The number of hydrogen-bond acceptors (Lipinski definition) is 3. The van der Waals surface area contributed by atoms with E-state index in [1.807, 2.05) is 36.4 Å². The summed E-state index contributed by atoms with van der Waals surface area (Å²) in [5, 5.41) is 2.26. The number of para-hydroxylation sites is 1. The maximum Gasteiger partial charge on any atom is 0.352 e. The topological polar surface area (TPSA) is 59.7 Å². The molecule has 0 radical (unpaired) electrons. The van der Waals surface area contributed by atoms with Crippen molar-refractivity contribution in [1.29, 1.82) is 0 Å². The lowest BCUT2D eigenvalue weighted by atomic mass is 10.1. The number of fused-ring (bicyclic) bond motifs is 1. The molecule has 1 unspecified atom stereocenters. The number of nitrogens with one attached hydrogen (secondary N) is 1. The van der Waals surface area contributed by atoms with E-state index in [4.69, 9.17) is 4.74 Å². The first kappa shape index (κ1) is 22.1. The minimum atomic E-state index is 0. The second-order valence-electron chi connectivity index (χ2n) is 5.86. The van der Waals surface area contributed by atoms with Crippen LogP contribution in [0.2, 0.25) is 0 Å². The third-order valence-electron chi connectivity index (χ3n) is 4.19. The van der Waals surface area contributed by atoms with Crippen LogP contribution in [0.1, 0.15) is 22.3 Å². The molecule has 3 rings (SSSR count). The molecule has 0 fully saturated rings. The highest BCUT2D eigenvalue weighted by atomic mass is 35.5. The van der Waals surface area contributed by atoms with Gasteiger partial charge in [0.2, 0.25) is 0 Å². The number of hydrogen-bond donors (Lipinski definition) is 2. The number of amides is 1. The number of aliphatic imine (C=N–C) groups is 1. The molecule has 0 saturated heterocycles. The number of quaternary nitrogens is 2. The molecule has 26 heavy (non-hydrogen) atoms. The van der Waals surface area contributed by atoms with Crippen LogP contribution in [0.5, 0.6) is 5.75 Å². The number of benzene rings is 2. The maximum absolute atomic E-state index is 12.4. The first-order chi connectivity index (χ1) is 11.8. The second-order valence-corrected chi connectivity index (χ2v) is 5.86. The Kier molecular flexibility index (Phi) is 9.30. The van der Waals surface area contributed by atoms with Gasteiger partial charge in [-0.3, -0.25) is 0 Å². The van der Waals surface area contributed by atoms with E-state index in [9.17, 15) is 4.79 Å². The summed E-state index contributed by atoms with van der Waals surface area (Å²) in [5.41, 5.74) is 2.77. The van der Waals surface area contributed by atoms with E-state index < -0.39 is 0 Å². The molecule has 0 spiro atoms. The Balaban J connectivity index is 0.00000169. The van der Waals surface area contributed by atoms with E-state index in [1.54, 1.807) is 13.4 Å². The smallest absolute Gasteiger partial charge is 0.352 e. The maximum atomic E-state index is 12.4. The highest BCUT2D eigenvalue weighted by Crippen LogP contribution is 2.18. The van der Waals surface area contributed by atoms with Crippen molar-refractivity contribution < 1.29 is 44.6 Å². The van der Waals surface area contributed by atoms with Crippen LogP contribution in [0.3, 0.4) is 0 Å². The van der Waals surface area contributed by atoms with Crippen LogP contribution in [-0.4, -0.2) is 32.4 Å². The molecule has 1 heterocycles. The van der Waals surface area contributed by atoms with Gasteiger partial charge in [0.15, 0.2) is 6.34 Å². The Bertz CT molecular complexity index is 736. The van der Waals surface area contributed by atoms with Crippen molar-refractivity contribution in [2.24, 2.45) is 4.99 Å². The summed E-state index contributed by atoms with van der Waals surface area (Å²) >= 11 is 0. The Labute approximate surface area is 166 Å². The predicted molar refractivity (Wildman–Crippen MR) is 92.9 cm³/mol. The van der Waals surface area contributed by atoms with Crippen LogP contribution in [0, 0.1) is 0 Å². The number of nitrogens with two attached hydrogens (primary N) is 1. The van der Waals surface area contributed by atoms with Crippen LogP contribution >= 0.6 is 0 Å². The second kappa shape index (κ2) is 10.9. The van der Waals surface area contributed by atoms with E-state index in [1.165, 1.54) is 5.56 Å². The summed E-state index contributed by atoms with van der Waals surface area (Å²) in [7, 11) is 1.67. The van der Waals surface area contributed by atoms with Gasteiger partial charge >= 0.3 is 5.91 Å². The van der Waals surface area contributed by atoms with Crippen molar-refractivity contribution in [2.75, 3.05) is 20.2 Å². The molecule has 1 amide bonds. The van der Waals surface area contributed by atoms with Crippen molar-refractivity contribution in [3.8, 4) is 5.75 Å². The molecule has 0 aromatic heterocycles. The summed E-state index contributed by atoms with van der Waals surface area (Å²) in [4.78, 5) is 17.6. The molecule has 0 bridgehead atoms. The molecule has 1 aliphatic rings. The van der Waals surface area contributed by atoms with Gasteiger partial charge in [0, 0.05) is 12.0 Å². The number of carbonyl (C=O) groups is 1. The van der Waals surface area contributed by atoms with Gasteiger partial charge in [0.05, 0.1) is 25.9 Å². The molecular weight excluding hydrogens is 373 g/mol. The Morgan fingerprint density at radius 3 is 2.54 bits per heavy atom. The summed E-state index contributed by atoms with van der Waals surface area (Å²) < 4.78 is 5.16. The number of rotatable bonds is 7. The van der Waals surface area contributed by atoms with Crippen molar-refractivity contribution in [1.82, 2.24) is 0 Å². The van der Waals surface area contributed by atoms with Crippen molar-refractivity contribution in [3.05, 3.63) is 59.7 Å². The lowest BCUT2D eigenvalue weighted by Gasteiger charge is -2.16. The molecule has 140 valence electrons. The summed E-state index contributed by atoms with van der Waals surface area (Å²) in [6.07, 6.45) is 2.69. The normalized spacial score (nSPS) is 14.8.